The highest BCUT2D eigenvalue weighted by atomic mass is 35.5. The summed E-state index contributed by atoms with van der Waals surface area (Å²) in [6, 6.07) is 1.58. The van der Waals surface area contributed by atoms with E-state index >= 15 is 0 Å². The molecule has 0 saturated carbocycles. The molecule has 2 aliphatic rings. The van der Waals surface area contributed by atoms with Crippen molar-refractivity contribution in [3.05, 3.63) is 16.3 Å². The van der Waals surface area contributed by atoms with E-state index in [1.165, 1.54) is 15.6 Å². The van der Waals surface area contributed by atoms with Gasteiger partial charge in [0.1, 0.15) is 9.77 Å². The summed E-state index contributed by atoms with van der Waals surface area (Å²) in [5.41, 5.74) is 0. The van der Waals surface area contributed by atoms with Gasteiger partial charge in [0.15, 0.2) is 0 Å². The fourth-order valence-electron chi connectivity index (χ4n) is 3.34. The molecule has 2 aliphatic heterocycles. The topological polar surface area (TPSA) is 69.7 Å². The van der Waals surface area contributed by atoms with E-state index in [4.69, 9.17) is 0 Å². The number of likely N-dealkylation sites (tertiary alicyclic amines) is 1. The minimum Gasteiger partial charge on any atom is -0.338 e. The molecule has 3 rings (SSSR count). The zero-order valence-corrected chi connectivity index (χ0v) is 16.2. The van der Waals surface area contributed by atoms with E-state index in [0.717, 1.165) is 25.8 Å². The smallest absolute Gasteiger partial charge is 0.265 e. The van der Waals surface area contributed by atoms with Crippen LogP contribution in [0.2, 0.25) is 0 Å². The van der Waals surface area contributed by atoms with Crippen molar-refractivity contribution in [2.24, 2.45) is 5.92 Å². The van der Waals surface area contributed by atoms with Gasteiger partial charge in [-0.2, -0.15) is 4.31 Å². The number of sulfonamides is 1. The molecular weight excluding hydrogens is 370 g/mol. The van der Waals surface area contributed by atoms with Crippen molar-refractivity contribution in [2.45, 2.75) is 24.2 Å². The van der Waals surface area contributed by atoms with Crippen LogP contribution in [0.5, 0.6) is 0 Å². The molecule has 1 atom stereocenters. The Morgan fingerprint density at radius 2 is 2.04 bits per heavy atom. The summed E-state index contributed by atoms with van der Waals surface area (Å²) >= 11 is 1.23. The van der Waals surface area contributed by atoms with Crippen LogP contribution in [0.1, 0.15) is 28.9 Å². The van der Waals surface area contributed by atoms with Gasteiger partial charge in [0.2, 0.25) is 10.0 Å². The van der Waals surface area contributed by atoms with Crippen molar-refractivity contribution >= 4 is 39.7 Å². The number of nitrogens with zero attached hydrogens (tertiary/aromatic N) is 2. The first-order valence-electron chi connectivity index (χ1n) is 8.05. The molecule has 2 fully saturated rings. The van der Waals surface area contributed by atoms with E-state index in [2.05, 4.69) is 5.32 Å². The van der Waals surface area contributed by atoms with E-state index in [1.54, 1.807) is 16.3 Å². The first-order valence-corrected chi connectivity index (χ1v) is 10.4. The number of rotatable bonds is 5. The van der Waals surface area contributed by atoms with Crippen LogP contribution in [0.3, 0.4) is 0 Å². The molecule has 1 aromatic heterocycles. The molecule has 24 heavy (non-hydrogen) atoms. The summed E-state index contributed by atoms with van der Waals surface area (Å²) in [5.74, 6) is 0.305. The van der Waals surface area contributed by atoms with E-state index in [-0.39, 0.29) is 23.2 Å². The van der Waals surface area contributed by atoms with Crippen LogP contribution in [-0.4, -0.2) is 63.3 Å². The van der Waals surface area contributed by atoms with E-state index in [0.29, 0.717) is 37.0 Å². The molecule has 1 N–H and O–H groups in total. The third kappa shape index (κ3) is 3.77. The third-order valence-corrected chi connectivity index (χ3v) is 7.54. The summed E-state index contributed by atoms with van der Waals surface area (Å²) in [7, 11) is -1.63. The lowest BCUT2D eigenvalue weighted by atomic mass is 10.1. The molecule has 0 aliphatic carbocycles. The van der Waals surface area contributed by atoms with E-state index in [9.17, 15) is 13.2 Å². The Morgan fingerprint density at radius 3 is 2.71 bits per heavy atom. The minimum absolute atomic E-state index is 0. The third-order valence-electron chi connectivity index (χ3n) is 4.57. The SMILES string of the molecule is CNCC1CCN(C(=O)c2sccc2S(=O)(=O)N2CCCC2)C1.Cl. The fourth-order valence-corrected chi connectivity index (χ4v) is 6.22. The molecule has 0 spiro atoms. The van der Waals surface area contributed by atoms with Crippen LogP contribution >= 0.6 is 23.7 Å². The van der Waals surface area contributed by atoms with Gasteiger partial charge < -0.3 is 10.2 Å². The zero-order chi connectivity index (χ0) is 16.4. The maximum absolute atomic E-state index is 12.8. The first kappa shape index (κ1) is 19.7. The van der Waals surface area contributed by atoms with Crippen molar-refractivity contribution in [3.63, 3.8) is 0 Å². The number of nitrogens with one attached hydrogen (secondary N) is 1. The molecule has 136 valence electrons. The Labute approximate surface area is 153 Å². The molecule has 1 amide bonds. The number of thiophene rings is 1. The lowest BCUT2D eigenvalue weighted by Gasteiger charge is -2.19. The van der Waals surface area contributed by atoms with E-state index in [1.807, 2.05) is 7.05 Å². The number of hydrogen-bond donors (Lipinski definition) is 1. The maximum atomic E-state index is 12.8. The van der Waals surface area contributed by atoms with Gasteiger partial charge in [0.05, 0.1) is 0 Å². The zero-order valence-electron chi connectivity index (χ0n) is 13.7. The summed E-state index contributed by atoms with van der Waals surface area (Å²) in [6.45, 7) is 3.39. The highest BCUT2D eigenvalue weighted by Gasteiger charge is 2.34. The first-order chi connectivity index (χ1) is 11.0. The number of amides is 1. The van der Waals surface area contributed by atoms with Crippen LogP contribution in [0.4, 0.5) is 0 Å². The van der Waals surface area contributed by atoms with Crippen LogP contribution < -0.4 is 5.32 Å². The average molecular weight is 394 g/mol. The van der Waals surface area contributed by atoms with Crippen molar-refractivity contribution in [2.75, 3.05) is 39.8 Å². The molecule has 3 heterocycles. The standard InChI is InChI=1S/C15H23N3O3S2.ClH/c1-16-10-12-4-8-17(11-12)15(19)14-13(5-9-22-14)23(20,21)18-6-2-3-7-18;/h5,9,12,16H,2-4,6-8,10-11H2,1H3;1H. The summed E-state index contributed by atoms with van der Waals surface area (Å²) in [6.07, 6.45) is 2.75. The van der Waals surface area contributed by atoms with Crippen molar-refractivity contribution in [1.82, 2.24) is 14.5 Å². The van der Waals surface area contributed by atoms with Crippen LogP contribution in [-0.2, 0) is 10.0 Å². The monoisotopic (exact) mass is 393 g/mol. The Hall–Kier alpha value is -0.670. The van der Waals surface area contributed by atoms with Gasteiger partial charge in [-0.15, -0.1) is 23.7 Å². The highest BCUT2D eigenvalue weighted by molar-refractivity contribution is 7.89. The van der Waals surface area contributed by atoms with Crippen LogP contribution in [0.15, 0.2) is 16.3 Å². The lowest BCUT2D eigenvalue weighted by Crippen LogP contribution is -2.33. The molecule has 6 nitrogen and oxygen atoms in total. The van der Waals surface area contributed by atoms with Gasteiger partial charge >= 0.3 is 0 Å². The van der Waals surface area contributed by atoms with Gasteiger partial charge in [-0.3, -0.25) is 4.79 Å². The normalized spacial score (nSPS) is 21.9. The van der Waals surface area contributed by atoms with Crippen molar-refractivity contribution in [1.29, 1.82) is 0 Å². The predicted octanol–water partition coefficient (Wildman–Crippen LogP) is 1.64. The van der Waals surface area contributed by atoms with Gasteiger partial charge in [-0.05, 0) is 50.2 Å². The van der Waals surface area contributed by atoms with Gasteiger partial charge in [-0.1, -0.05) is 0 Å². The van der Waals surface area contributed by atoms with Crippen molar-refractivity contribution < 1.29 is 13.2 Å². The second-order valence-electron chi connectivity index (χ2n) is 6.19. The Balaban J connectivity index is 0.00000208. The largest absolute Gasteiger partial charge is 0.338 e. The van der Waals surface area contributed by atoms with Crippen LogP contribution in [0, 0.1) is 5.92 Å². The summed E-state index contributed by atoms with van der Waals surface area (Å²) < 4.78 is 27.0. The molecule has 9 heteroatoms. The molecule has 0 aromatic carbocycles. The minimum atomic E-state index is -3.54. The molecule has 0 radical (unpaired) electrons. The number of carbonyl (C=O) groups is 1. The molecular formula is C15H24ClN3O3S2. The maximum Gasteiger partial charge on any atom is 0.265 e. The number of hydrogen-bond acceptors (Lipinski definition) is 5. The van der Waals surface area contributed by atoms with Gasteiger partial charge in [0.25, 0.3) is 5.91 Å². The fraction of sp³-hybridized carbons (Fsp3) is 0.667. The van der Waals surface area contributed by atoms with Crippen molar-refractivity contribution in [3.8, 4) is 0 Å². The van der Waals surface area contributed by atoms with E-state index < -0.39 is 10.0 Å². The number of halogens is 1. The molecule has 1 aromatic rings. The Kier molecular flexibility index (Phi) is 6.66. The second kappa shape index (κ2) is 8.14. The van der Waals surface area contributed by atoms with Crippen LogP contribution in [0.25, 0.3) is 0 Å². The predicted molar refractivity (Wildman–Crippen MR) is 97.5 cm³/mol. The summed E-state index contributed by atoms with van der Waals surface area (Å²) in [4.78, 5) is 15.1. The van der Waals surface area contributed by atoms with Gasteiger partial charge in [-0.25, -0.2) is 8.42 Å². The molecule has 1 unspecified atom stereocenters. The average Bonchev–Trinajstić information content (AvgIpc) is 3.27. The quantitative estimate of drug-likeness (QED) is 0.825. The lowest BCUT2D eigenvalue weighted by molar-refractivity contribution is 0.0788. The molecule has 0 bridgehead atoms. The highest BCUT2D eigenvalue weighted by Crippen LogP contribution is 2.30. The Bertz CT molecular complexity index is 671. The van der Waals surface area contributed by atoms with Gasteiger partial charge in [0, 0.05) is 26.2 Å². The Morgan fingerprint density at radius 1 is 1.33 bits per heavy atom. The summed E-state index contributed by atoms with van der Waals surface area (Å²) in [5, 5.41) is 4.84. The number of carbonyl (C=O) groups excluding carboxylic acids is 1. The molecule has 2 saturated heterocycles. The second-order valence-corrected chi connectivity index (χ2v) is 9.01.